The molecule has 6 nitrogen and oxygen atoms in total. The smallest absolute Gasteiger partial charge is 0.264 e. The minimum absolute atomic E-state index is 0.128. The summed E-state index contributed by atoms with van der Waals surface area (Å²) in [6, 6.07) is 20.5. The fourth-order valence-corrected chi connectivity index (χ4v) is 4.51. The van der Waals surface area contributed by atoms with E-state index in [4.69, 9.17) is 4.74 Å². The summed E-state index contributed by atoms with van der Waals surface area (Å²) in [5.74, 6) is 0.220. The Hall–Kier alpha value is -3.32. The number of anilines is 2. The number of sulfonamides is 1. The first-order valence-electron chi connectivity index (χ1n) is 9.40. The zero-order chi connectivity index (χ0) is 21.7. The molecule has 0 saturated carbocycles. The first-order valence-corrected chi connectivity index (χ1v) is 10.8. The lowest BCUT2D eigenvalue weighted by molar-refractivity contribution is -0.114. The summed E-state index contributed by atoms with van der Waals surface area (Å²) in [7, 11) is -2.38. The van der Waals surface area contributed by atoms with E-state index in [0.717, 1.165) is 15.4 Å². The largest absolute Gasteiger partial charge is 0.497 e. The number of benzene rings is 3. The van der Waals surface area contributed by atoms with Gasteiger partial charge in [0.1, 0.15) is 12.3 Å². The van der Waals surface area contributed by atoms with Crippen molar-refractivity contribution < 1.29 is 17.9 Å². The number of amides is 1. The summed E-state index contributed by atoms with van der Waals surface area (Å²) in [5, 5.41) is 2.75. The third kappa shape index (κ3) is 4.80. The summed E-state index contributed by atoms with van der Waals surface area (Å²) in [6.45, 7) is 3.35. The van der Waals surface area contributed by atoms with Gasteiger partial charge >= 0.3 is 0 Å². The number of methoxy groups -OCH3 is 1. The van der Waals surface area contributed by atoms with Gasteiger partial charge in [-0.1, -0.05) is 30.3 Å². The Morgan fingerprint density at radius 3 is 2.27 bits per heavy atom. The van der Waals surface area contributed by atoms with Crippen molar-refractivity contribution in [1.82, 2.24) is 0 Å². The number of ether oxygens (including phenoxy) is 1. The van der Waals surface area contributed by atoms with Gasteiger partial charge in [0.2, 0.25) is 5.91 Å². The normalized spacial score (nSPS) is 11.0. The predicted molar refractivity (Wildman–Crippen MR) is 119 cm³/mol. The lowest BCUT2D eigenvalue weighted by Crippen LogP contribution is -2.38. The van der Waals surface area contributed by atoms with Crippen LogP contribution >= 0.6 is 0 Å². The first kappa shape index (κ1) is 21.4. The molecule has 0 atom stereocenters. The van der Waals surface area contributed by atoms with Crippen LogP contribution < -0.4 is 14.4 Å². The van der Waals surface area contributed by atoms with Crippen LogP contribution in [0.4, 0.5) is 11.4 Å². The van der Waals surface area contributed by atoms with E-state index in [2.05, 4.69) is 5.32 Å². The highest BCUT2D eigenvalue weighted by Gasteiger charge is 2.28. The van der Waals surface area contributed by atoms with Crippen molar-refractivity contribution in [2.45, 2.75) is 18.7 Å². The zero-order valence-corrected chi connectivity index (χ0v) is 17.9. The quantitative estimate of drug-likeness (QED) is 0.618. The second kappa shape index (κ2) is 9.00. The number of nitrogens with one attached hydrogen (secondary N) is 1. The summed E-state index contributed by atoms with van der Waals surface area (Å²) >= 11 is 0. The Morgan fingerprint density at radius 2 is 1.63 bits per heavy atom. The average Bonchev–Trinajstić information content (AvgIpc) is 2.75. The monoisotopic (exact) mass is 424 g/mol. The van der Waals surface area contributed by atoms with Crippen LogP contribution in [0.25, 0.3) is 0 Å². The minimum atomic E-state index is -3.94. The Balaban J connectivity index is 1.95. The van der Waals surface area contributed by atoms with Crippen LogP contribution in [0, 0.1) is 13.8 Å². The molecular formula is C23H24N2O4S. The molecule has 7 heteroatoms. The number of hydrogen-bond donors (Lipinski definition) is 1. The van der Waals surface area contributed by atoms with Crippen molar-refractivity contribution in [1.29, 1.82) is 0 Å². The first-order chi connectivity index (χ1) is 14.3. The molecular weight excluding hydrogens is 400 g/mol. The maximum atomic E-state index is 13.4. The van der Waals surface area contributed by atoms with Crippen molar-refractivity contribution in [2.24, 2.45) is 0 Å². The van der Waals surface area contributed by atoms with Crippen LogP contribution in [0.5, 0.6) is 5.75 Å². The highest BCUT2D eigenvalue weighted by Crippen LogP contribution is 2.28. The fourth-order valence-electron chi connectivity index (χ4n) is 3.01. The molecule has 0 saturated heterocycles. The van der Waals surface area contributed by atoms with Crippen molar-refractivity contribution in [3.8, 4) is 5.75 Å². The van der Waals surface area contributed by atoms with Crippen molar-refractivity contribution in [3.05, 3.63) is 83.9 Å². The fraction of sp³-hybridized carbons (Fsp3) is 0.174. The van der Waals surface area contributed by atoms with Gasteiger partial charge in [0, 0.05) is 5.69 Å². The number of carbonyl (C=O) groups is 1. The standard InChI is InChI=1S/C23H24N2O4S/c1-17-9-10-18(2)22(15-17)25(30(27,28)21-7-5-4-6-8-21)16-23(26)24-19-11-13-20(29-3)14-12-19/h4-15H,16H2,1-3H3,(H,24,26). The van der Waals surface area contributed by atoms with E-state index >= 15 is 0 Å². The molecule has 3 rings (SSSR count). The molecule has 3 aromatic carbocycles. The molecule has 0 unspecified atom stereocenters. The molecule has 156 valence electrons. The van der Waals surface area contributed by atoms with Crippen LogP contribution in [-0.2, 0) is 14.8 Å². The molecule has 0 spiro atoms. The molecule has 30 heavy (non-hydrogen) atoms. The van der Waals surface area contributed by atoms with Gasteiger partial charge in [-0.3, -0.25) is 9.10 Å². The molecule has 1 amide bonds. The molecule has 0 aliphatic carbocycles. The molecule has 1 N–H and O–H groups in total. The topological polar surface area (TPSA) is 75.7 Å². The number of hydrogen-bond acceptors (Lipinski definition) is 4. The van der Waals surface area contributed by atoms with Crippen LogP contribution in [0.2, 0.25) is 0 Å². The Labute approximate surface area is 177 Å². The van der Waals surface area contributed by atoms with Gasteiger partial charge in [-0.15, -0.1) is 0 Å². The van der Waals surface area contributed by atoms with E-state index in [9.17, 15) is 13.2 Å². The summed E-state index contributed by atoms with van der Waals surface area (Å²) < 4.78 is 33.1. The van der Waals surface area contributed by atoms with Gasteiger partial charge in [0.25, 0.3) is 10.0 Å². The molecule has 0 aliphatic rings. The highest BCUT2D eigenvalue weighted by molar-refractivity contribution is 7.92. The van der Waals surface area contributed by atoms with Crippen LogP contribution in [0.3, 0.4) is 0 Å². The molecule has 0 aromatic heterocycles. The summed E-state index contributed by atoms with van der Waals surface area (Å²) in [4.78, 5) is 12.9. The summed E-state index contributed by atoms with van der Waals surface area (Å²) in [5.41, 5.74) is 2.69. The Bertz CT molecular complexity index is 1130. The number of aryl methyl sites for hydroxylation is 2. The third-order valence-corrected chi connectivity index (χ3v) is 6.40. The molecule has 0 radical (unpaired) electrons. The second-order valence-electron chi connectivity index (χ2n) is 6.89. The van der Waals surface area contributed by atoms with Gasteiger partial charge in [-0.25, -0.2) is 8.42 Å². The van der Waals surface area contributed by atoms with E-state index in [1.54, 1.807) is 55.6 Å². The predicted octanol–water partition coefficient (Wildman–Crippen LogP) is 4.15. The van der Waals surface area contributed by atoms with Gasteiger partial charge in [-0.05, 0) is 67.4 Å². The lowest BCUT2D eigenvalue weighted by atomic mass is 10.1. The second-order valence-corrected chi connectivity index (χ2v) is 8.75. The van der Waals surface area contributed by atoms with E-state index in [1.165, 1.54) is 12.1 Å². The molecule has 3 aromatic rings. The van der Waals surface area contributed by atoms with Crippen LogP contribution in [0.15, 0.2) is 77.7 Å². The van der Waals surface area contributed by atoms with E-state index in [0.29, 0.717) is 17.1 Å². The number of rotatable bonds is 7. The molecule has 0 bridgehead atoms. The Morgan fingerprint density at radius 1 is 0.967 bits per heavy atom. The van der Waals surface area contributed by atoms with Crippen LogP contribution in [-0.4, -0.2) is 28.0 Å². The van der Waals surface area contributed by atoms with Crippen LogP contribution in [0.1, 0.15) is 11.1 Å². The number of nitrogens with zero attached hydrogens (tertiary/aromatic N) is 1. The minimum Gasteiger partial charge on any atom is -0.497 e. The van der Waals surface area contributed by atoms with E-state index < -0.39 is 15.9 Å². The Kier molecular flexibility index (Phi) is 6.42. The molecule has 0 fully saturated rings. The SMILES string of the molecule is COc1ccc(NC(=O)CN(c2cc(C)ccc2C)S(=O)(=O)c2ccccc2)cc1. The van der Waals surface area contributed by atoms with Gasteiger partial charge in [0.15, 0.2) is 0 Å². The van der Waals surface area contributed by atoms with Gasteiger partial charge in [-0.2, -0.15) is 0 Å². The zero-order valence-electron chi connectivity index (χ0n) is 17.1. The molecule has 0 heterocycles. The average molecular weight is 425 g/mol. The van der Waals surface area contributed by atoms with Crippen molar-refractivity contribution >= 4 is 27.3 Å². The van der Waals surface area contributed by atoms with Gasteiger partial charge in [0.05, 0.1) is 17.7 Å². The maximum absolute atomic E-state index is 13.4. The van der Waals surface area contributed by atoms with Crippen molar-refractivity contribution in [3.63, 3.8) is 0 Å². The van der Waals surface area contributed by atoms with E-state index in [-0.39, 0.29) is 11.4 Å². The maximum Gasteiger partial charge on any atom is 0.264 e. The highest BCUT2D eigenvalue weighted by atomic mass is 32.2. The van der Waals surface area contributed by atoms with E-state index in [1.807, 2.05) is 26.0 Å². The molecule has 0 aliphatic heterocycles. The van der Waals surface area contributed by atoms with Gasteiger partial charge < -0.3 is 10.1 Å². The number of carbonyl (C=O) groups excluding carboxylic acids is 1. The third-order valence-electron chi connectivity index (χ3n) is 4.63. The summed E-state index contributed by atoms with van der Waals surface area (Å²) in [6.07, 6.45) is 0. The van der Waals surface area contributed by atoms with Crippen molar-refractivity contribution in [2.75, 3.05) is 23.3 Å². The lowest BCUT2D eigenvalue weighted by Gasteiger charge is -2.26.